The van der Waals surface area contributed by atoms with E-state index in [0.717, 1.165) is 0 Å². The number of nitrogens with one attached hydrogen (secondary N) is 3. The Morgan fingerprint density at radius 2 is 1.39 bits per heavy atom. The summed E-state index contributed by atoms with van der Waals surface area (Å²) >= 11 is 8.15. The molecule has 0 radical (unpaired) electrons. The number of aromatic hydroxyl groups is 1. The second-order valence-corrected chi connectivity index (χ2v) is 8.54. The third kappa shape index (κ3) is 11.0. The van der Waals surface area contributed by atoms with Crippen LogP contribution in [0.25, 0.3) is 0 Å². The first-order chi connectivity index (χ1) is 17.0. The van der Waals surface area contributed by atoms with E-state index in [-0.39, 0.29) is 36.1 Å². The summed E-state index contributed by atoms with van der Waals surface area (Å²) in [7, 11) is 0. The molecule has 1 aromatic carbocycles. The van der Waals surface area contributed by atoms with Crippen molar-refractivity contribution in [3.05, 3.63) is 29.8 Å². The zero-order chi connectivity index (χ0) is 27.3. The largest absolute Gasteiger partial charge is 0.508 e. The van der Waals surface area contributed by atoms with Gasteiger partial charge in [-0.25, -0.2) is 4.79 Å². The lowest BCUT2D eigenvalue weighted by Crippen LogP contribution is -2.58. The third-order valence-electron chi connectivity index (χ3n) is 4.93. The highest BCUT2D eigenvalue weighted by molar-refractivity contribution is 7.80. The molecule has 0 aliphatic carbocycles. The Balaban J connectivity index is 2.70. The number of carboxylic acids is 1. The summed E-state index contributed by atoms with van der Waals surface area (Å²) in [6, 6.07) is 1.35. The van der Waals surface area contributed by atoms with Gasteiger partial charge in [-0.05, 0) is 30.5 Å². The van der Waals surface area contributed by atoms with E-state index in [1.165, 1.54) is 24.3 Å². The quantitative estimate of drug-likeness (QED) is 0.0495. The number of thiol groups is 2. The molecule has 0 aliphatic rings. The summed E-state index contributed by atoms with van der Waals surface area (Å²) < 4.78 is 0. The minimum absolute atomic E-state index is 0.0187. The lowest BCUT2D eigenvalue weighted by Gasteiger charge is -2.23. The molecule has 3 amide bonds. The van der Waals surface area contributed by atoms with E-state index in [1.54, 1.807) is 0 Å². The minimum Gasteiger partial charge on any atom is -0.508 e. The van der Waals surface area contributed by atoms with Crippen molar-refractivity contribution in [3.63, 3.8) is 0 Å². The molecule has 15 heteroatoms. The van der Waals surface area contributed by atoms with Gasteiger partial charge in [0.2, 0.25) is 17.7 Å². The summed E-state index contributed by atoms with van der Waals surface area (Å²) in [4.78, 5) is 53.1. The number of aliphatic imine (C=N–C) groups is 1. The number of nitrogens with zero attached hydrogens (tertiary/aromatic N) is 1. The molecule has 11 N–H and O–H groups in total. The maximum absolute atomic E-state index is 12.7. The summed E-state index contributed by atoms with van der Waals surface area (Å²) in [5, 5.41) is 26.1. The monoisotopic (exact) mass is 543 g/mol. The molecule has 1 rings (SSSR count). The lowest BCUT2D eigenvalue weighted by molar-refractivity contribution is -0.142. The summed E-state index contributed by atoms with van der Waals surface area (Å²) in [6.45, 7) is 0.294. The number of aliphatic carboxylic acids is 1. The van der Waals surface area contributed by atoms with Crippen LogP contribution in [0.4, 0.5) is 0 Å². The van der Waals surface area contributed by atoms with Gasteiger partial charge in [0.15, 0.2) is 5.96 Å². The van der Waals surface area contributed by atoms with E-state index in [9.17, 15) is 29.4 Å². The second kappa shape index (κ2) is 15.7. The van der Waals surface area contributed by atoms with Crippen LogP contribution in [-0.4, -0.2) is 82.1 Å². The number of benzene rings is 1. The van der Waals surface area contributed by atoms with E-state index >= 15 is 0 Å². The number of rotatable bonds is 15. The molecule has 36 heavy (non-hydrogen) atoms. The van der Waals surface area contributed by atoms with Crippen molar-refractivity contribution in [1.82, 2.24) is 16.0 Å². The van der Waals surface area contributed by atoms with Crippen molar-refractivity contribution in [3.8, 4) is 5.75 Å². The van der Waals surface area contributed by atoms with Crippen molar-refractivity contribution in [2.24, 2.45) is 22.2 Å². The fourth-order valence-corrected chi connectivity index (χ4v) is 3.44. The van der Waals surface area contributed by atoms with Gasteiger partial charge in [-0.3, -0.25) is 19.4 Å². The predicted octanol–water partition coefficient (Wildman–Crippen LogP) is -2.29. The zero-order valence-electron chi connectivity index (χ0n) is 19.5. The Morgan fingerprint density at radius 1 is 0.889 bits per heavy atom. The fourth-order valence-electron chi connectivity index (χ4n) is 2.93. The molecule has 0 aromatic heterocycles. The number of phenols is 1. The molecular formula is C21H33N7O6S2. The highest BCUT2D eigenvalue weighted by Gasteiger charge is 2.29. The van der Waals surface area contributed by atoms with Gasteiger partial charge >= 0.3 is 5.97 Å². The van der Waals surface area contributed by atoms with Crippen molar-refractivity contribution in [1.29, 1.82) is 0 Å². The molecule has 0 bridgehead atoms. The van der Waals surface area contributed by atoms with Gasteiger partial charge in [0.25, 0.3) is 0 Å². The van der Waals surface area contributed by atoms with Crippen molar-refractivity contribution in [2.45, 2.75) is 43.4 Å². The molecule has 0 spiro atoms. The van der Waals surface area contributed by atoms with Crippen LogP contribution in [0, 0.1) is 0 Å². The smallest absolute Gasteiger partial charge is 0.326 e. The first-order valence-corrected chi connectivity index (χ1v) is 12.2. The lowest BCUT2D eigenvalue weighted by atomic mass is 10.1. The van der Waals surface area contributed by atoms with Gasteiger partial charge in [0.1, 0.15) is 23.9 Å². The number of hydrogen-bond donors (Lipinski definition) is 10. The Labute approximate surface area is 219 Å². The molecule has 1 aromatic rings. The number of carboxylic acid groups (broad SMARTS) is 1. The van der Waals surface area contributed by atoms with Crippen LogP contribution in [0.3, 0.4) is 0 Å². The topological polar surface area (TPSA) is 235 Å². The van der Waals surface area contributed by atoms with Gasteiger partial charge in [0, 0.05) is 24.5 Å². The number of nitrogens with two attached hydrogens (primary N) is 3. The zero-order valence-corrected chi connectivity index (χ0v) is 21.3. The number of carbonyl (C=O) groups is 4. The van der Waals surface area contributed by atoms with Crippen LogP contribution < -0.4 is 33.2 Å². The molecule has 0 unspecified atom stereocenters. The van der Waals surface area contributed by atoms with E-state index in [0.29, 0.717) is 18.5 Å². The van der Waals surface area contributed by atoms with E-state index in [1.807, 2.05) is 0 Å². The maximum atomic E-state index is 12.7. The third-order valence-corrected chi connectivity index (χ3v) is 5.66. The maximum Gasteiger partial charge on any atom is 0.326 e. The van der Waals surface area contributed by atoms with Gasteiger partial charge in [0.05, 0.1) is 6.04 Å². The fraction of sp³-hybridized carbons (Fsp3) is 0.476. The molecule has 0 saturated heterocycles. The molecule has 13 nitrogen and oxygen atoms in total. The van der Waals surface area contributed by atoms with Crippen LogP contribution in [0.1, 0.15) is 18.4 Å². The summed E-state index contributed by atoms with van der Waals surface area (Å²) in [5.74, 6) is -3.65. The van der Waals surface area contributed by atoms with E-state index in [2.05, 4.69) is 46.2 Å². The molecular weight excluding hydrogens is 510 g/mol. The molecule has 0 fully saturated rings. The second-order valence-electron chi connectivity index (χ2n) is 7.81. The number of guanidine groups is 1. The van der Waals surface area contributed by atoms with Gasteiger partial charge in [-0.1, -0.05) is 12.1 Å². The van der Waals surface area contributed by atoms with Crippen LogP contribution in [0.2, 0.25) is 0 Å². The van der Waals surface area contributed by atoms with Gasteiger partial charge in [-0.2, -0.15) is 25.3 Å². The Hall–Kier alpha value is -3.17. The summed E-state index contributed by atoms with van der Waals surface area (Å²) in [5.41, 5.74) is 16.9. The molecule has 0 saturated carbocycles. The molecule has 200 valence electrons. The van der Waals surface area contributed by atoms with Crippen molar-refractivity contribution < 1.29 is 29.4 Å². The first kappa shape index (κ1) is 30.9. The van der Waals surface area contributed by atoms with Crippen molar-refractivity contribution in [2.75, 3.05) is 18.1 Å². The summed E-state index contributed by atoms with van der Waals surface area (Å²) in [6.07, 6.45) is 0.662. The highest BCUT2D eigenvalue weighted by Crippen LogP contribution is 2.11. The van der Waals surface area contributed by atoms with Crippen LogP contribution in [-0.2, 0) is 25.6 Å². The van der Waals surface area contributed by atoms with Crippen LogP contribution in [0.5, 0.6) is 5.75 Å². The van der Waals surface area contributed by atoms with Crippen molar-refractivity contribution >= 4 is 54.9 Å². The number of phenolic OH excluding ortho intramolecular Hbond substituents is 1. The van der Waals surface area contributed by atoms with Gasteiger partial charge < -0.3 is 43.4 Å². The first-order valence-electron chi connectivity index (χ1n) is 10.9. The molecule has 0 aliphatic heterocycles. The molecule has 0 heterocycles. The Morgan fingerprint density at radius 3 is 1.86 bits per heavy atom. The molecule has 4 atom stereocenters. The SMILES string of the molecule is NC(N)=NCCC[C@H](N)C(=O)N[C@@H](CS)C(=O)N[C@@H](CS)C(=O)N[C@@H](Cc1ccc(O)cc1)C(=O)O. The number of amides is 3. The number of carbonyl (C=O) groups excluding carboxylic acids is 3. The standard InChI is InChI=1S/C21H33N7O6S2/c22-13(2-1-7-25-21(23)24)17(30)27-15(9-35)19(32)28-16(10-36)18(31)26-14(20(33)34)8-11-3-5-12(29)6-4-11/h3-6,13-16,29,35-36H,1-2,7-10,22H2,(H,26,31)(H,27,30)(H,28,32)(H,33,34)(H4,23,24,25)/t13-,14-,15-,16-/m0/s1. The highest BCUT2D eigenvalue weighted by atomic mass is 32.1. The minimum atomic E-state index is -1.29. The average Bonchev–Trinajstić information content (AvgIpc) is 2.83. The number of hydrogen-bond acceptors (Lipinski definition) is 9. The van der Waals surface area contributed by atoms with Crippen LogP contribution >= 0.6 is 25.3 Å². The average molecular weight is 544 g/mol. The van der Waals surface area contributed by atoms with Crippen LogP contribution in [0.15, 0.2) is 29.3 Å². The van der Waals surface area contributed by atoms with Gasteiger partial charge in [-0.15, -0.1) is 0 Å². The normalized spacial score (nSPS) is 14.0. The van der Waals surface area contributed by atoms with E-state index in [4.69, 9.17) is 17.2 Å². The Bertz CT molecular complexity index is 928. The Kier molecular flexibility index (Phi) is 13.5. The van der Waals surface area contributed by atoms with E-state index < -0.39 is 47.9 Å². The predicted molar refractivity (Wildman–Crippen MR) is 141 cm³/mol.